The highest BCUT2D eigenvalue weighted by atomic mass is 16.2. The Hall–Kier alpha value is -1.55. The van der Waals surface area contributed by atoms with Crippen molar-refractivity contribution in [2.45, 2.75) is 26.7 Å². The highest BCUT2D eigenvalue weighted by Gasteiger charge is 2.20. The standard InChI is InChI=1S/C16H25N3O/c1-4-13-7-6-8-14(5-2)15(13)17-16(20)19-11-9-18(3)10-12-19/h6-8H,4-5,9-12H2,1-3H3,(H,17,20). The van der Waals surface area contributed by atoms with E-state index in [1.165, 1.54) is 11.1 Å². The second-order valence-corrected chi connectivity index (χ2v) is 5.38. The molecule has 4 heteroatoms. The van der Waals surface area contributed by atoms with Crippen LogP contribution >= 0.6 is 0 Å². The van der Waals surface area contributed by atoms with Crippen molar-refractivity contribution in [1.29, 1.82) is 0 Å². The number of likely N-dealkylation sites (N-methyl/N-ethyl adjacent to an activating group) is 1. The first-order valence-corrected chi connectivity index (χ1v) is 7.51. The van der Waals surface area contributed by atoms with Gasteiger partial charge in [0, 0.05) is 31.9 Å². The summed E-state index contributed by atoms with van der Waals surface area (Å²) >= 11 is 0. The van der Waals surface area contributed by atoms with Gasteiger partial charge in [0.1, 0.15) is 0 Å². The number of amides is 2. The Labute approximate surface area is 121 Å². The minimum Gasteiger partial charge on any atom is -0.322 e. The van der Waals surface area contributed by atoms with Crippen molar-refractivity contribution in [3.8, 4) is 0 Å². The third kappa shape index (κ3) is 3.31. The Morgan fingerprint density at radius 1 is 1.10 bits per heavy atom. The molecule has 1 fully saturated rings. The van der Waals surface area contributed by atoms with Gasteiger partial charge in [-0.1, -0.05) is 32.0 Å². The van der Waals surface area contributed by atoms with E-state index in [9.17, 15) is 4.79 Å². The van der Waals surface area contributed by atoms with E-state index >= 15 is 0 Å². The van der Waals surface area contributed by atoms with Gasteiger partial charge in [-0.05, 0) is 31.0 Å². The normalized spacial score (nSPS) is 16.2. The lowest BCUT2D eigenvalue weighted by Crippen LogP contribution is -2.48. The highest BCUT2D eigenvalue weighted by Crippen LogP contribution is 2.23. The molecule has 0 radical (unpaired) electrons. The first-order valence-electron chi connectivity index (χ1n) is 7.51. The van der Waals surface area contributed by atoms with Gasteiger partial charge in [-0.3, -0.25) is 0 Å². The molecule has 1 saturated heterocycles. The summed E-state index contributed by atoms with van der Waals surface area (Å²) in [7, 11) is 2.09. The molecule has 0 spiro atoms. The summed E-state index contributed by atoms with van der Waals surface area (Å²) in [5.41, 5.74) is 3.44. The number of hydrogen-bond donors (Lipinski definition) is 1. The third-order valence-electron chi connectivity index (χ3n) is 4.02. The average Bonchev–Trinajstić information content (AvgIpc) is 2.48. The number of nitrogens with one attached hydrogen (secondary N) is 1. The van der Waals surface area contributed by atoms with Crippen molar-refractivity contribution in [3.63, 3.8) is 0 Å². The Morgan fingerprint density at radius 3 is 2.15 bits per heavy atom. The molecule has 2 amide bonds. The smallest absolute Gasteiger partial charge is 0.321 e. The third-order valence-corrected chi connectivity index (χ3v) is 4.02. The fourth-order valence-corrected chi connectivity index (χ4v) is 2.60. The lowest BCUT2D eigenvalue weighted by molar-refractivity contribution is 0.164. The van der Waals surface area contributed by atoms with Crippen LogP contribution in [0.3, 0.4) is 0 Å². The maximum Gasteiger partial charge on any atom is 0.321 e. The zero-order valence-corrected chi connectivity index (χ0v) is 12.8. The van der Waals surface area contributed by atoms with Gasteiger partial charge < -0.3 is 15.1 Å². The van der Waals surface area contributed by atoms with Crippen LogP contribution in [-0.2, 0) is 12.8 Å². The number of rotatable bonds is 3. The monoisotopic (exact) mass is 275 g/mol. The molecule has 2 rings (SSSR count). The molecule has 0 atom stereocenters. The molecule has 0 aromatic heterocycles. The summed E-state index contributed by atoms with van der Waals surface area (Å²) in [6, 6.07) is 6.30. The summed E-state index contributed by atoms with van der Waals surface area (Å²) < 4.78 is 0. The zero-order valence-electron chi connectivity index (χ0n) is 12.8. The van der Waals surface area contributed by atoms with Gasteiger partial charge in [0.25, 0.3) is 0 Å². The number of piperazine rings is 1. The molecular weight excluding hydrogens is 250 g/mol. The van der Waals surface area contributed by atoms with Crippen molar-refractivity contribution in [2.75, 3.05) is 38.5 Å². The lowest BCUT2D eigenvalue weighted by atomic mass is 10.0. The quantitative estimate of drug-likeness (QED) is 0.920. The number of benzene rings is 1. The molecule has 1 aliphatic heterocycles. The maximum absolute atomic E-state index is 12.4. The van der Waals surface area contributed by atoms with Gasteiger partial charge in [-0.15, -0.1) is 0 Å². The van der Waals surface area contributed by atoms with Gasteiger partial charge in [-0.2, -0.15) is 0 Å². The van der Waals surface area contributed by atoms with E-state index in [1.807, 2.05) is 4.90 Å². The summed E-state index contributed by atoms with van der Waals surface area (Å²) in [6.45, 7) is 7.75. The molecule has 4 nitrogen and oxygen atoms in total. The molecule has 1 aromatic rings. The molecule has 1 aliphatic rings. The number of carbonyl (C=O) groups is 1. The maximum atomic E-state index is 12.4. The van der Waals surface area contributed by atoms with E-state index < -0.39 is 0 Å². The molecule has 0 bridgehead atoms. The van der Waals surface area contributed by atoms with Crippen LogP contribution in [0.1, 0.15) is 25.0 Å². The molecule has 0 unspecified atom stereocenters. The van der Waals surface area contributed by atoms with Gasteiger partial charge in [0.2, 0.25) is 0 Å². The summed E-state index contributed by atoms with van der Waals surface area (Å²) in [5, 5.41) is 3.13. The minimum atomic E-state index is 0.0358. The molecule has 0 saturated carbocycles. The van der Waals surface area contributed by atoms with E-state index in [-0.39, 0.29) is 6.03 Å². The van der Waals surface area contributed by atoms with Crippen LogP contribution < -0.4 is 5.32 Å². The lowest BCUT2D eigenvalue weighted by Gasteiger charge is -2.32. The van der Waals surface area contributed by atoms with Crippen molar-refractivity contribution in [2.24, 2.45) is 0 Å². The van der Waals surface area contributed by atoms with Gasteiger partial charge in [0.05, 0.1) is 0 Å². The minimum absolute atomic E-state index is 0.0358. The fourth-order valence-electron chi connectivity index (χ4n) is 2.60. The van der Waals surface area contributed by atoms with E-state index in [2.05, 4.69) is 49.3 Å². The molecule has 1 N–H and O–H groups in total. The van der Waals surface area contributed by atoms with Crippen LogP contribution in [0.4, 0.5) is 10.5 Å². The number of para-hydroxylation sites is 1. The van der Waals surface area contributed by atoms with E-state index in [0.29, 0.717) is 0 Å². The van der Waals surface area contributed by atoms with Crippen LogP contribution in [0.15, 0.2) is 18.2 Å². The molecular formula is C16H25N3O. The van der Waals surface area contributed by atoms with Gasteiger partial charge >= 0.3 is 6.03 Å². The average molecular weight is 275 g/mol. The van der Waals surface area contributed by atoms with E-state index in [1.54, 1.807) is 0 Å². The summed E-state index contributed by atoms with van der Waals surface area (Å²) in [6.07, 6.45) is 1.87. The fraction of sp³-hybridized carbons (Fsp3) is 0.562. The van der Waals surface area contributed by atoms with Gasteiger partial charge in [-0.25, -0.2) is 4.79 Å². The Morgan fingerprint density at radius 2 is 1.65 bits per heavy atom. The second kappa shape index (κ2) is 6.75. The number of aryl methyl sites for hydroxylation is 2. The van der Waals surface area contributed by atoms with Crippen LogP contribution in [-0.4, -0.2) is 49.1 Å². The Balaban J connectivity index is 2.11. The Kier molecular flexibility index (Phi) is 5.01. The van der Waals surface area contributed by atoms with E-state index in [0.717, 1.165) is 44.7 Å². The van der Waals surface area contributed by atoms with Crippen LogP contribution in [0.5, 0.6) is 0 Å². The van der Waals surface area contributed by atoms with Crippen molar-refractivity contribution < 1.29 is 4.79 Å². The predicted octanol–water partition coefficient (Wildman–Crippen LogP) is 2.59. The van der Waals surface area contributed by atoms with Crippen molar-refractivity contribution in [3.05, 3.63) is 29.3 Å². The number of anilines is 1. The first-order chi connectivity index (χ1) is 9.65. The molecule has 1 aromatic carbocycles. The molecule has 0 aliphatic carbocycles. The largest absolute Gasteiger partial charge is 0.322 e. The summed E-state index contributed by atoms with van der Waals surface area (Å²) in [4.78, 5) is 16.6. The topological polar surface area (TPSA) is 35.6 Å². The highest BCUT2D eigenvalue weighted by molar-refractivity contribution is 5.91. The van der Waals surface area contributed by atoms with Gasteiger partial charge in [0.15, 0.2) is 0 Å². The number of hydrogen-bond acceptors (Lipinski definition) is 2. The van der Waals surface area contributed by atoms with E-state index in [4.69, 9.17) is 0 Å². The Bertz CT molecular complexity index is 443. The second-order valence-electron chi connectivity index (χ2n) is 5.38. The van der Waals surface area contributed by atoms with Crippen LogP contribution in [0.2, 0.25) is 0 Å². The number of carbonyl (C=O) groups excluding carboxylic acids is 1. The van der Waals surface area contributed by atoms with Crippen molar-refractivity contribution in [1.82, 2.24) is 9.80 Å². The van der Waals surface area contributed by atoms with Crippen molar-refractivity contribution >= 4 is 11.7 Å². The molecule has 1 heterocycles. The predicted molar refractivity (Wildman–Crippen MR) is 83.3 cm³/mol. The van der Waals surface area contributed by atoms with Crippen LogP contribution in [0, 0.1) is 0 Å². The summed E-state index contributed by atoms with van der Waals surface area (Å²) in [5.74, 6) is 0. The first kappa shape index (κ1) is 14.9. The SMILES string of the molecule is CCc1cccc(CC)c1NC(=O)N1CCN(C)CC1. The van der Waals surface area contributed by atoms with Crippen LogP contribution in [0.25, 0.3) is 0 Å². The molecule has 110 valence electrons. The number of nitrogens with zero attached hydrogens (tertiary/aromatic N) is 2. The zero-order chi connectivity index (χ0) is 14.5. The molecule has 20 heavy (non-hydrogen) atoms. The number of urea groups is 1.